The number of hydrogen-bond donors (Lipinski definition) is 3. The fraction of sp³-hybridized carbons (Fsp3) is 0.188. The Balaban J connectivity index is 2.16. The minimum absolute atomic E-state index is 0.00204. The number of aliphatic imine (C=N–C) groups is 1. The van der Waals surface area contributed by atoms with E-state index in [0.717, 1.165) is 0 Å². The van der Waals surface area contributed by atoms with Crippen LogP contribution in [-0.2, 0) is 0 Å². The maximum Gasteiger partial charge on any atom is 0.261 e. The second kappa shape index (κ2) is 6.34. The fourth-order valence-electron chi connectivity index (χ4n) is 2.46. The smallest absolute Gasteiger partial charge is 0.261 e. The molecule has 0 unspecified atom stereocenters. The van der Waals surface area contributed by atoms with Gasteiger partial charge in [-0.15, -0.1) is 0 Å². The lowest BCUT2D eigenvalue weighted by molar-refractivity contribution is 0.0974. The van der Waals surface area contributed by atoms with Crippen LogP contribution in [0.5, 0.6) is 5.75 Å². The highest BCUT2D eigenvalue weighted by Gasteiger charge is 2.24. The molecule has 2 aromatic rings. The topological polar surface area (TPSA) is 104 Å². The number of carbonyl (C=O) groups is 1. The molecule has 24 heavy (non-hydrogen) atoms. The first kappa shape index (κ1) is 15.4. The van der Waals surface area contributed by atoms with E-state index in [2.05, 4.69) is 30.4 Å². The molecule has 1 aromatic heterocycles. The molecule has 1 aliphatic heterocycles. The molecular weight excluding hydrogens is 308 g/mol. The van der Waals surface area contributed by atoms with Crippen LogP contribution in [0.25, 0.3) is 16.0 Å². The van der Waals surface area contributed by atoms with Crippen molar-refractivity contribution in [3.05, 3.63) is 47.3 Å². The lowest BCUT2D eigenvalue weighted by atomic mass is 9.96. The van der Waals surface area contributed by atoms with Gasteiger partial charge in [-0.05, 0) is 13.0 Å². The molecule has 0 radical (unpaired) electrons. The van der Waals surface area contributed by atoms with E-state index in [1.165, 1.54) is 24.7 Å². The Morgan fingerprint density at radius 1 is 1.46 bits per heavy atom. The summed E-state index contributed by atoms with van der Waals surface area (Å²) in [6.07, 6.45) is 2.91. The second-order valence-corrected chi connectivity index (χ2v) is 5.10. The molecular formula is C16H14N6O2. The van der Waals surface area contributed by atoms with E-state index in [9.17, 15) is 9.90 Å². The predicted octanol–water partition coefficient (Wildman–Crippen LogP) is 1.40. The minimum atomic E-state index is -0.551. The third kappa shape index (κ3) is 2.75. The van der Waals surface area contributed by atoms with Crippen molar-refractivity contribution in [1.82, 2.24) is 20.6 Å². The van der Waals surface area contributed by atoms with Crippen molar-refractivity contribution >= 4 is 17.6 Å². The Kier molecular flexibility index (Phi) is 4.07. The first-order valence-electron chi connectivity index (χ1n) is 7.22. The van der Waals surface area contributed by atoms with Crippen molar-refractivity contribution < 1.29 is 9.90 Å². The number of rotatable bonds is 2. The van der Waals surface area contributed by atoms with Crippen molar-refractivity contribution in [2.45, 2.75) is 6.92 Å². The molecule has 3 N–H and O–H groups in total. The molecule has 120 valence electrons. The van der Waals surface area contributed by atoms with E-state index < -0.39 is 5.91 Å². The Morgan fingerprint density at radius 3 is 2.96 bits per heavy atom. The highest BCUT2D eigenvalue weighted by molar-refractivity contribution is 6.12. The van der Waals surface area contributed by atoms with Crippen LogP contribution in [0.15, 0.2) is 29.6 Å². The molecule has 2 heterocycles. The molecule has 0 spiro atoms. The summed E-state index contributed by atoms with van der Waals surface area (Å²) >= 11 is 0. The predicted molar refractivity (Wildman–Crippen MR) is 87.9 cm³/mol. The zero-order chi connectivity index (χ0) is 17.1. The number of phenolic OH excluding ortho intramolecular Hbond substituents is 1. The number of aryl methyl sites for hydroxylation is 1. The average Bonchev–Trinajstić information content (AvgIpc) is 3.08. The van der Waals surface area contributed by atoms with Crippen molar-refractivity contribution in [3.8, 4) is 16.9 Å². The van der Waals surface area contributed by atoms with Gasteiger partial charge in [0.15, 0.2) is 11.6 Å². The van der Waals surface area contributed by atoms with Gasteiger partial charge >= 0.3 is 0 Å². The third-order valence-corrected chi connectivity index (χ3v) is 3.60. The van der Waals surface area contributed by atoms with Gasteiger partial charge in [0.1, 0.15) is 12.1 Å². The zero-order valence-electron chi connectivity index (χ0n) is 12.9. The monoisotopic (exact) mass is 322 g/mol. The molecule has 0 aliphatic carbocycles. The molecule has 0 atom stereocenters. The summed E-state index contributed by atoms with van der Waals surface area (Å²) in [5.74, 6) is -0.430. The number of guanidine groups is 1. The maximum atomic E-state index is 12.7. The zero-order valence-corrected chi connectivity index (χ0v) is 12.9. The van der Waals surface area contributed by atoms with E-state index in [-0.39, 0.29) is 17.0 Å². The number of aromatic nitrogens is 2. The van der Waals surface area contributed by atoms with Crippen molar-refractivity contribution in [1.29, 1.82) is 0 Å². The van der Waals surface area contributed by atoms with Crippen molar-refractivity contribution in [3.63, 3.8) is 0 Å². The summed E-state index contributed by atoms with van der Waals surface area (Å²) in [7, 11) is 0. The van der Waals surface area contributed by atoms with Gasteiger partial charge in [-0.2, -0.15) is 0 Å². The number of nitrogens with zero attached hydrogens (tertiary/aromatic N) is 4. The molecule has 1 aromatic carbocycles. The highest BCUT2D eigenvalue weighted by Crippen LogP contribution is 2.39. The minimum Gasteiger partial charge on any atom is -0.507 e. The van der Waals surface area contributed by atoms with Crippen LogP contribution in [0.4, 0.5) is 5.69 Å². The Hall–Kier alpha value is -3.47. The standard InChI is InChI=1S/C16H14N6O2/c1-9-10(7-18-8-21-9)13-11(17-2)3-4-12(23)14(13)15(24)22-16-19-5-6-20-16/h3-4,7-8,23H,5-6H2,1H3,(H2,19,20,22,24). The number of aromatic hydroxyl groups is 1. The first-order chi connectivity index (χ1) is 11.6. The van der Waals surface area contributed by atoms with Gasteiger partial charge < -0.3 is 10.4 Å². The molecule has 3 rings (SSSR count). The van der Waals surface area contributed by atoms with Gasteiger partial charge in [0, 0.05) is 29.6 Å². The summed E-state index contributed by atoms with van der Waals surface area (Å²) in [6, 6.07) is 2.79. The molecule has 1 aliphatic rings. The molecule has 1 amide bonds. The Morgan fingerprint density at radius 2 is 2.29 bits per heavy atom. The van der Waals surface area contributed by atoms with Gasteiger partial charge in [0.2, 0.25) is 0 Å². The van der Waals surface area contributed by atoms with Crippen molar-refractivity contribution in [2.75, 3.05) is 13.1 Å². The van der Waals surface area contributed by atoms with E-state index in [1.54, 1.807) is 6.92 Å². The SMILES string of the molecule is [C-]#[N+]c1ccc(O)c(C(=O)NC2=NCCN2)c1-c1cncnc1C. The van der Waals surface area contributed by atoms with Crippen LogP contribution in [0.1, 0.15) is 16.1 Å². The molecule has 0 saturated carbocycles. The van der Waals surface area contributed by atoms with Crippen molar-refractivity contribution in [2.24, 2.45) is 4.99 Å². The number of phenols is 1. The van der Waals surface area contributed by atoms with Crippen LogP contribution in [0.3, 0.4) is 0 Å². The largest absolute Gasteiger partial charge is 0.507 e. The van der Waals surface area contributed by atoms with Crippen LogP contribution in [0.2, 0.25) is 0 Å². The first-order valence-corrected chi connectivity index (χ1v) is 7.22. The summed E-state index contributed by atoms with van der Waals surface area (Å²) in [6.45, 7) is 10.3. The summed E-state index contributed by atoms with van der Waals surface area (Å²) in [5.41, 5.74) is 1.66. The quantitative estimate of drug-likeness (QED) is 0.725. The summed E-state index contributed by atoms with van der Waals surface area (Å²) in [4.78, 5) is 28.3. The Bertz CT molecular complexity index is 885. The lowest BCUT2D eigenvalue weighted by Gasteiger charge is -2.14. The second-order valence-electron chi connectivity index (χ2n) is 5.10. The fourth-order valence-corrected chi connectivity index (χ4v) is 2.46. The third-order valence-electron chi connectivity index (χ3n) is 3.60. The molecule has 0 saturated heterocycles. The maximum absolute atomic E-state index is 12.7. The van der Waals surface area contributed by atoms with Gasteiger partial charge in [-0.3, -0.25) is 15.1 Å². The van der Waals surface area contributed by atoms with Gasteiger partial charge in [-0.1, -0.05) is 6.07 Å². The number of benzene rings is 1. The van der Waals surface area contributed by atoms with E-state index in [4.69, 9.17) is 6.57 Å². The average molecular weight is 322 g/mol. The highest BCUT2D eigenvalue weighted by atomic mass is 16.3. The lowest BCUT2D eigenvalue weighted by Crippen LogP contribution is -2.38. The summed E-state index contributed by atoms with van der Waals surface area (Å²) < 4.78 is 0. The van der Waals surface area contributed by atoms with Gasteiger partial charge in [-0.25, -0.2) is 14.8 Å². The van der Waals surface area contributed by atoms with Gasteiger partial charge in [0.05, 0.1) is 18.7 Å². The van der Waals surface area contributed by atoms with E-state index in [0.29, 0.717) is 35.9 Å². The van der Waals surface area contributed by atoms with Crippen LogP contribution in [0, 0.1) is 13.5 Å². The molecule has 8 nitrogen and oxygen atoms in total. The number of hydrogen-bond acceptors (Lipinski definition) is 6. The normalized spacial score (nSPS) is 12.9. The Labute approximate surface area is 138 Å². The summed E-state index contributed by atoms with van der Waals surface area (Å²) in [5, 5.41) is 15.8. The number of nitrogens with one attached hydrogen (secondary N) is 2. The molecule has 8 heteroatoms. The molecule has 0 bridgehead atoms. The van der Waals surface area contributed by atoms with E-state index >= 15 is 0 Å². The number of carbonyl (C=O) groups excluding carboxylic acids is 1. The molecule has 0 fully saturated rings. The van der Waals surface area contributed by atoms with E-state index in [1.807, 2.05) is 0 Å². The van der Waals surface area contributed by atoms with Gasteiger partial charge in [0.25, 0.3) is 5.91 Å². The van der Waals surface area contributed by atoms with Crippen LogP contribution < -0.4 is 10.6 Å². The van der Waals surface area contributed by atoms with Crippen LogP contribution in [-0.4, -0.2) is 40.0 Å². The van der Waals surface area contributed by atoms with Crippen LogP contribution >= 0.6 is 0 Å². The number of amides is 1.